The van der Waals surface area contributed by atoms with Gasteiger partial charge in [-0.05, 0) is 19.5 Å². The van der Waals surface area contributed by atoms with Gasteiger partial charge in [-0.1, -0.05) is 22.6 Å². The molecule has 0 N–H and O–H groups in total. The molecule has 2 heteroatoms. The Labute approximate surface area is 58.2 Å². The van der Waals surface area contributed by atoms with E-state index >= 15 is 0 Å². The second-order valence-electron chi connectivity index (χ2n) is 1.88. The van der Waals surface area contributed by atoms with Crippen LogP contribution in [0.1, 0.15) is 6.42 Å². The molecular weight excluding hydrogens is 201 g/mol. The summed E-state index contributed by atoms with van der Waals surface area (Å²) in [7, 11) is 0. The molecule has 1 heterocycles. The van der Waals surface area contributed by atoms with Crippen molar-refractivity contribution in [3.63, 3.8) is 0 Å². The van der Waals surface area contributed by atoms with E-state index in [4.69, 9.17) is 0 Å². The monoisotopic (exact) mass is 211 g/mol. The van der Waals surface area contributed by atoms with Gasteiger partial charge in [0.2, 0.25) is 0 Å². The fourth-order valence-corrected chi connectivity index (χ4v) is 1.41. The zero-order valence-corrected chi connectivity index (χ0v) is 6.52. The van der Waals surface area contributed by atoms with Crippen LogP contribution in [-0.4, -0.2) is 29.0 Å². The molecule has 0 radical (unpaired) electrons. The van der Waals surface area contributed by atoms with Crippen molar-refractivity contribution in [1.82, 2.24) is 4.90 Å². The summed E-state index contributed by atoms with van der Waals surface area (Å²) in [5.74, 6) is 0. The third kappa shape index (κ3) is 1.57. The number of nitrogens with zero attached hydrogens (tertiary/aromatic N) is 1. The third-order valence-corrected chi connectivity index (χ3v) is 1.83. The molecule has 0 saturated carbocycles. The van der Waals surface area contributed by atoms with Crippen molar-refractivity contribution in [3.05, 3.63) is 0 Å². The quantitative estimate of drug-likeness (QED) is 0.488. The average molecular weight is 211 g/mol. The van der Waals surface area contributed by atoms with Crippen LogP contribution in [0.3, 0.4) is 0 Å². The Balaban J connectivity index is 1.93. The van der Waals surface area contributed by atoms with Gasteiger partial charge in [0.25, 0.3) is 0 Å². The zero-order valence-electron chi connectivity index (χ0n) is 4.36. The van der Waals surface area contributed by atoms with E-state index in [0.717, 1.165) is 0 Å². The topological polar surface area (TPSA) is 3.24 Å². The Kier molecular flexibility index (Phi) is 2.38. The average Bonchev–Trinajstić information content (AvgIpc) is 1.55. The molecule has 0 spiro atoms. The molecule has 1 aliphatic rings. The highest BCUT2D eigenvalue weighted by atomic mass is 127. The molecule has 1 rings (SSSR count). The Morgan fingerprint density at radius 2 is 2.14 bits per heavy atom. The van der Waals surface area contributed by atoms with Crippen LogP contribution >= 0.6 is 22.6 Å². The number of hydrogen-bond donors (Lipinski definition) is 0. The van der Waals surface area contributed by atoms with Crippen molar-refractivity contribution < 1.29 is 0 Å². The smallest absolute Gasteiger partial charge is 0.0123 e. The first-order chi connectivity index (χ1) is 3.43. The number of halogens is 1. The van der Waals surface area contributed by atoms with Crippen molar-refractivity contribution in [2.45, 2.75) is 6.42 Å². The maximum absolute atomic E-state index is 2.48. The van der Waals surface area contributed by atoms with Crippen LogP contribution < -0.4 is 0 Å². The van der Waals surface area contributed by atoms with E-state index in [2.05, 4.69) is 27.5 Å². The highest BCUT2D eigenvalue weighted by Gasteiger charge is 2.10. The molecule has 0 aromatic carbocycles. The first-order valence-electron chi connectivity index (χ1n) is 2.72. The second-order valence-corrected chi connectivity index (χ2v) is 2.96. The van der Waals surface area contributed by atoms with Crippen molar-refractivity contribution in [1.29, 1.82) is 0 Å². The van der Waals surface area contributed by atoms with Gasteiger partial charge in [0, 0.05) is 11.0 Å². The van der Waals surface area contributed by atoms with E-state index in [9.17, 15) is 0 Å². The lowest BCUT2D eigenvalue weighted by Crippen LogP contribution is -2.38. The van der Waals surface area contributed by atoms with Crippen LogP contribution in [0.15, 0.2) is 0 Å². The molecule has 1 aliphatic heterocycles. The van der Waals surface area contributed by atoms with Gasteiger partial charge < -0.3 is 4.90 Å². The minimum atomic E-state index is 1.29. The van der Waals surface area contributed by atoms with E-state index in [1.807, 2.05) is 0 Å². The minimum Gasteiger partial charge on any atom is -0.302 e. The highest BCUT2D eigenvalue weighted by Crippen LogP contribution is 2.04. The van der Waals surface area contributed by atoms with Gasteiger partial charge in [-0.3, -0.25) is 0 Å². The summed E-state index contributed by atoms with van der Waals surface area (Å²) >= 11 is 2.42. The third-order valence-electron chi connectivity index (χ3n) is 1.35. The standard InChI is InChI=1S/C5H10IN/c6-2-5-7-3-1-4-7/h1-5H2. The van der Waals surface area contributed by atoms with Crippen LogP contribution in [-0.2, 0) is 0 Å². The SMILES string of the molecule is ICCN1CCC1. The molecule has 1 nitrogen and oxygen atoms in total. The summed E-state index contributed by atoms with van der Waals surface area (Å²) < 4.78 is 1.29. The summed E-state index contributed by atoms with van der Waals surface area (Å²) in [6, 6.07) is 0. The normalized spacial score (nSPS) is 21.9. The molecule has 0 bridgehead atoms. The Hall–Kier alpha value is 0.690. The summed E-state index contributed by atoms with van der Waals surface area (Å²) in [5.41, 5.74) is 0. The van der Waals surface area contributed by atoms with Gasteiger partial charge in [0.05, 0.1) is 0 Å². The lowest BCUT2D eigenvalue weighted by molar-refractivity contribution is 0.195. The van der Waals surface area contributed by atoms with Crippen LogP contribution in [0, 0.1) is 0 Å². The molecule has 1 fully saturated rings. The van der Waals surface area contributed by atoms with Gasteiger partial charge in [-0.25, -0.2) is 0 Å². The van der Waals surface area contributed by atoms with Gasteiger partial charge >= 0.3 is 0 Å². The van der Waals surface area contributed by atoms with Crippen LogP contribution in [0.2, 0.25) is 0 Å². The zero-order chi connectivity index (χ0) is 5.11. The van der Waals surface area contributed by atoms with E-state index < -0.39 is 0 Å². The largest absolute Gasteiger partial charge is 0.302 e. The van der Waals surface area contributed by atoms with E-state index in [-0.39, 0.29) is 0 Å². The molecule has 0 atom stereocenters. The van der Waals surface area contributed by atoms with Crippen LogP contribution in [0.5, 0.6) is 0 Å². The molecule has 0 aromatic rings. The molecule has 42 valence electrons. The fourth-order valence-electron chi connectivity index (χ4n) is 0.725. The highest BCUT2D eigenvalue weighted by molar-refractivity contribution is 14.1. The van der Waals surface area contributed by atoms with Gasteiger partial charge in [0.15, 0.2) is 0 Å². The number of alkyl halides is 1. The van der Waals surface area contributed by atoms with Crippen LogP contribution in [0.4, 0.5) is 0 Å². The Morgan fingerprint density at radius 3 is 2.29 bits per heavy atom. The van der Waals surface area contributed by atoms with Crippen molar-refractivity contribution in [2.75, 3.05) is 24.1 Å². The number of likely N-dealkylation sites (tertiary alicyclic amines) is 1. The molecule has 1 saturated heterocycles. The first kappa shape index (κ1) is 5.82. The predicted octanol–water partition coefficient (Wildman–Crippen LogP) is 1.13. The van der Waals surface area contributed by atoms with Gasteiger partial charge in [-0.2, -0.15) is 0 Å². The molecule has 0 amide bonds. The van der Waals surface area contributed by atoms with Crippen molar-refractivity contribution in [3.8, 4) is 0 Å². The van der Waals surface area contributed by atoms with E-state index in [1.54, 1.807) is 0 Å². The van der Waals surface area contributed by atoms with Crippen molar-refractivity contribution in [2.24, 2.45) is 0 Å². The molecule has 0 unspecified atom stereocenters. The van der Waals surface area contributed by atoms with Gasteiger partial charge in [-0.15, -0.1) is 0 Å². The predicted molar refractivity (Wildman–Crippen MR) is 39.9 cm³/mol. The lowest BCUT2D eigenvalue weighted by Gasteiger charge is -2.29. The second kappa shape index (κ2) is 2.87. The summed E-state index contributed by atoms with van der Waals surface area (Å²) in [5, 5.41) is 0. The maximum atomic E-state index is 2.48. The van der Waals surface area contributed by atoms with Crippen LogP contribution in [0.25, 0.3) is 0 Å². The summed E-state index contributed by atoms with van der Waals surface area (Å²) in [6.07, 6.45) is 1.43. The van der Waals surface area contributed by atoms with E-state index in [0.29, 0.717) is 0 Å². The molecular formula is C5H10IN. The van der Waals surface area contributed by atoms with Gasteiger partial charge in [0.1, 0.15) is 0 Å². The van der Waals surface area contributed by atoms with E-state index in [1.165, 1.54) is 30.5 Å². The summed E-state index contributed by atoms with van der Waals surface area (Å²) in [4.78, 5) is 2.48. The Bertz CT molecular complexity index is 52.0. The summed E-state index contributed by atoms with van der Waals surface area (Å²) in [6.45, 7) is 4.01. The fraction of sp³-hybridized carbons (Fsp3) is 1.00. The number of hydrogen-bond acceptors (Lipinski definition) is 1. The lowest BCUT2D eigenvalue weighted by atomic mass is 10.2. The molecule has 7 heavy (non-hydrogen) atoms. The number of rotatable bonds is 2. The maximum Gasteiger partial charge on any atom is 0.0123 e. The van der Waals surface area contributed by atoms with Crippen molar-refractivity contribution >= 4 is 22.6 Å². The molecule has 0 aromatic heterocycles. The Morgan fingerprint density at radius 1 is 1.43 bits per heavy atom. The minimum absolute atomic E-state index is 1.29. The molecule has 0 aliphatic carbocycles. The first-order valence-corrected chi connectivity index (χ1v) is 4.24.